The Kier molecular flexibility index (Phi) is 4.74. The first kappa shape index (κ1) is 18.1. The van der Waals surface area contributed by atoms with E-state index in [-0.39, 0.29) is 17.7 Å². The molecule has 0 saturated heterocycles. The molecule has 3 aromatic rings. The van der Waals surface area contributed by atoms with Crippen LogP contribution in [-0.2, 0) is 11.3 Å². The van der Waals surface area contributed by atoms with E-state index in [4.69, 9.17) is 0 Å². The molecule has 0 radical (unpaired) electrons. The fraction of sp³-hybridized carbons (Fsp3) is 0.160. The predicted octanol–water partition coefficient (Wildman–Crippen LogP) is 5.36. The van der Waals surface area contributed by atoms with E-state index in [0.717, 1.165) is 22.3 Å². The molecular weight excluding hydrogens is 346 g/mol. The van der Waals surface area contributed by atoms with Crippen molar-refractivity contribution < 1.29 is 9.90 Å². The van der Waals surface area contributed by atoms with Crippen LogP contribution in [0, 0.1) is 13.8 Å². The lowest BCUT2D eigenvalue weighted by Gasteiger charge is -2.27. The highest BCUT2D eigenvalue weighted by atomic mass is 16.3. The van der Waals surface area contributed by atoms with Gasteiger partial charge in [-0.25, -0.2) is 0 Å². The van der Waals surface area contributed by atoms with Crippen LogP contribution in [0.5, 0.6) is 0 Å². The first-order valence-electron chi connectivity index (χ1n) is 9.46. The summed E-state index contributed by atoms with van der Waals surface area (Å²) in [5.74, 6) is -0.491. The Morgan fingerprint density at radius 2 is 1.39 bits per heavy atom. The second-order valence-electron chi connectivity index (χ2n) is 7.36. The van der Waals surface area contributed by atoms with Crippen LogP contribution in [0.2, 0.25) is 0 Å². The summed E-state index contributed by atoms with van der Waals surface area (Å²) in [6.07, 6.45) is 0. The molecule has 140 valence electrons. The van der Waals surface area contributed by atoms with Crippen LogP contribution < -0.4 is 0 Å². The van der Waals surface area contributed by atoms with Crippen LogP contribution in [0.15, 0.2) is 84.6 Å². The van der Waals surface area contributed by atoms with Gasteiger partial charge in [0.1, 0.15) is 0 Å². The maximum Gasteiger partial charge on any atom is 0.290 e. The van der Waals surface area contributed by atoms with E-state index in [2.05, 4.69) is 0 Å². The van der Waals surface area contributed by atoms with Gasteiger partial charge in [-0.1, -0.05) is 90.0 Å². The minimum absolute atomic E-state index is 0.162. The minimum atomic E-state index is -0.329. The molecule has 3 nitrogen and oxygen atoms in total. The lowest BCUT2D eigenvalue weighted by molar-refractivity contribution is -0.130. The topological polar surface area (TPSA) is 40.5 Å². The molecule has 1 N–H and O–H groups in total. The van der Waals surface area contributed by atoms with E-state index in [1.807, 2.05) is 92.7 Å². The summed E-state index contributed by atoms with van der Waals surface area (Å²) in [7, 11) is 0. The summed E-state index contributed by atoms with van der Waals surface area (Å²) in [6, 6.07) is 25.7. The monoisotopic (exact) mass is 369 g/mol. The maximum absolute atomic E-state index is 13.0. The quantitative estimate of drug-likeness (QED) is 0.673. The lowest BCUT2D eigenvalue weighted by atomic mass is 9.93. The number of benzene rings is 3. The van der Waals surface area contributed by atoms with Gasteiger partial charge in [0.15, 0.2) is 5.76 Å². The third-order valence-corrected chi connectivity index (χ3v) is 5.26. The molecule has 0 spiro atoms. The van der Waals surface area contributed by atoms with E-state index in [1.165, 1.54) is 5.56 Å². The Morgan fingerprint density at radius 3 is 2.00 bits per heavy atom. The standard InChI is InChI=1S/C25H23NO2/c1-17-8-12-19(13-9-17)16-26-23(21-6-4-3-5-7-21)22(24(27)25(26)28)20-14-10-18(2)11-15-20/h3-15,23,27H,16H2,1-2H3/t23-/m1/s1. The smallest absolute Gasteiger partial charge is 0.290 e. The average Bonchev–Trinajstić information content (AvgIpc) is 2.96. The third-order valence-electron chi connectivity index (χ3n) is 5.26. The van der Waals surface area contributed by atoms with Crippen molar-refractivity contribution in [3.8, 4) is 0 Å². The summed E-state index contributed by atoms with van der Waals surface area (Å²) in [4.78, 5) is 14.8. The van der Waals surface area contributed by atoms with E-state index >= 15 is 0 Å². The second kappa shape index (κ2) is 7.35. The molecule has 0 bridgehead atoms. The van der Waals surface area contributed by atoms with Gasteiger partial charge in [0.05, 0.1) is 6.04 Å². The van der Waals surface area contributed by atoms with Gasteiger partial charge in [-0.3, -0.25) is 4.79 Å². The number of amides is 1. The fourth-order valence-electron chi connectivity index (χ4n) is 3.72. The molecule has 4 rings (SSSR count). The Balaban J connectivity index is 1.79. The molecule has 1 heterocycles. The Hall–Kier alpha value is -3.33. The van der Waals surface area contributed by atoms with E-state index in [1.54, 1.807) is 4.90 Å². The van der Waals surface area contributed by atoms with E-state index in [9.17, 15) is 9.90 Å². The number of aliphatic hydroxyl groups is 1. The van der Waals surface area contributed by atoms with Crippen molar-refractivity contribution in [1.29, 1.82) is 0 Å². The van der Waals surface area contributed by atoms with Gasteiger partial charge in [-0.05, 0) is 30.5 Å². The molecule has 0 unspecified atom stereocenters. The number of nitrogens with zero attached hydrogens (tertiary/aromatic N) is 1. The van der Waals surface area contributed by atoms with Crippen molar-refractivity contribution >= 4 is 11.5 Å². The number of hydrogen-bond donors (Lipinski definition) is 1. The maximum atomic E-state index is 13.0. The lowest BCUT2D eigenvalue weighted by Crippen LogP contribution is -2.29. The number of hydrogen-bond acceptors (Lipinski definition) is 2. The van der Waals surface area contributed by atoms with Crippen LogP contribution in [0.3, 0.4) is 0 Å². The number of aryl methyl sites for hydroxylation is 2. The highest BCUT2D eigenvalue weighted by Gasteiger charge is 2.40. The first-order chi connectivity index (χ1) is 13.5. The van der Waals surface area contributed by atoms with E-state index in [0.29, 0.717) is 12.1 Å². The van der Waals surface area contributed by atoms with Crippen molar-refractivity contribution in [2.24, 2.45) is 0 Å². The number of carbonyl (C=O) groups is 1. The van der Waals surface area contributed by atoms with Gasteiger partial charge in [0.25, 0.3) is 5.91 Å². The summed E-state index contributed by atoms with van der Waals surface area (Å²) >= 11 is 0. The van der Waals surface area contributed by atoms with Crippen molar-refractivity contribution in [1.82, 2.24) is 4.90 Å². The van der Waals surface area contributed by atoms with Crippen LogP contribution in [0.1, 0.15) is 33.9 Å². The van der Waals surface area contributed by atoms with Crippen LogP contribution >= 0.6 is 0 Å². The molecule has 1 aliphatic rings. The van der Waals surface area contributed by atoms with Crippen LogP contribution in [0.4, 0.5) is 0 Å². The molecule has 0 fully saturated rings. The van der Waals surface area contributed by atoms with Gasteiger partial charge in [-0.15, -0.1) is 0 Å². The SMILES string of the molecule is Cc1ccc(CN2C(=O)C(O)=C(c3ccc(C)cc3)[C@H]2c2ccccc2)cc1. The molecule has 0 aromatic heterocycles. The summed E-state index contributed by atoms with van der Waals surface area (Å²) in [5.41, 5.74) is 5.89. The second-order valence-corrected chi connectivity index (χ2v) is 7.36. The zero-order chi connectivity index (χ0) is 19.7. The van der Waals surface area contributed by atoms with Gasteiger partial charge < -0.3 is 10.0 Å². The van der Waals surface area contributed by atoms with Gasteiger partial charge in [0.2, 0.25) is 0 Å². The zero-order valence-corrected chi connectivity index (χ0v) is 16.1. The third kappa shape index (κ3) is 3.31. The van der Waals surface area contributed by atoms with Crippen molar-refractivity contribution in [2.45, 2.75) is 26.4 Å². The highest BCUT2D eigenvalue weighted by Crippen LogP contribution is 2.43. The van der Waals surface area contributed by atoms with Gasteiger partial charge in [0, 0.05) is 12.1 Å². The summed E-state index contributed by atoms with van der Waals surface area (Å²) in [5, 5.41) is 10.8. The Bertz CT molecular complexity index is 1020. The molecule has 28 heavy (non-hydrogen) atoms. The van der Waals surface area contributed by atoms with Crippen LogP contribution in [-0.4, -0.2) is 15.9 Å². The summed E-state index contributed by atoms with van der Waals surface area (Å²) < 4.78 is 0. The first-order valence-corrected chi connectivity index (χ1v) is 9.46. The number of aliphatic hydroxyl groups excluding tert-OH is 1. The minimum Gasteiger partial charge on any atom is -0.503 e. The predicted molar refractivity (Wildman–Crippen MR) is 112 cm³/mol. The highest BCUT2D eigenvalue weighted by molar-refractivity contribution is 6.05. The van der Waals surface area contributed by atoms with Gasteiger partial charge >= 0.3 is 0 Å². The summed E-state index contributed by atoms with van der Waals surface area (Å²) in [6.45, 7) is 4.51. The zero-order valence-electron chi connectivity index (χ0n) is 16.1. The van der Waals surface area contributed by atoms with Gasteiger partial charge in [-0.2, -0.15) is 0 Å². The molecule has 1 atom stereocenters. The van der Waals surface area contributed by atoms with Crippen molar-refractivity contribution in [2.75, 3.05) is 0 Å². The molecule has 3 heteroatoms. The fourth-order valence-corrected chi connectivity index (χ4v) is 3.72. The molecule has 1 aliphatic heterocycles. The van der Waals surface area contributed by atoms with Crippen molar-refractivity contribution in [3.05, 3.63) is 112 Å². The normalized spacial score (nSPS) is 16.7. The van der Waals surface area contributed by atoms with Crippen molar-refractivity contribution in [3.63, 3.8) is 0 Å². The number of carbonyl (C=O) groups excluding carboxylic acids is 1. The number of rotatable bonds is 4. The average molecular weight is 369 g/mol. The molecular formula is C25H23NO2. The molecule has 3 aromatic carbocycles. The van der Waals surface area contributed by atoms with Crippen LogP contribution in [0.25, 0.3) is 5.57 Å². The molecule has 1 amide bonds. The molecule has 0 saturated carbocycles. The molecule has 0 aliphatic carbocycles. The largest absolute Gasteiger partial charge is 0.503 e. The Morgan fingerprint density at radius 1 is 0.821 bits per heavy atom. The van der Waals surface area contributed by atoms with E-state index < -0.39 is 0 Å². The Labute approximate surface area is 165 Å².